The number of aryl methyl sites for hydroxylation is 2. The summed E-state index contributed by atoms with van der Waals surface area (Å²) in [6.07, 6.45) is 3.32. The Kier molecular flexibility index (Phi) is 5.74. The van der Waals surface area contributed by atoms with Gasteiger partial charge in [0.1, 0.15) is 0 Å². The van der Waals surface area contributed by atoms with Gasteiger partial charge in [0.15, 0.2) is 0 Å². The van der Waals surface area contributed by atoms with Crippen LogP contribution in [0.15, 0.2) is 36.4 Å². The van der Waals surface area contributed by atoms with Crippen molar-refractivity contribution < 1.29 is 9.72 Å². The van der Waals surface area contributed by atoms with Crippen molar-refractivity contribution in [2.24, 2.45) is 0 Å². The lowest BCUT2D eigenvalue weighted by atomic mass is 10.0. The zero-order valence-corrected chi connectivity index (χ0v) is 15.8. The molecule has 1 amide bonds. The summed E-state index contributed by atoms with van der Waals surface area (Å²) < 4.78 is 0. The zero-order chi connectivity index (χ0) is 19.4. The Morgan fingerprint density at radius 3 is 2.52 bits per heavy atom. The average molecular weight is 367 g/mol. The molecule has 2 aromatic carbocycles. The Bertz CT molecular complexity index is 858. The van der Waals surface area contributed by atoms with Gasteiger partial charge < -0.3 is 10.2 Å². The number of hydrogen-bond acceptors (Lipinski definition) is 4. The topological polar surface area (TPSA) is 75.5 Å². The van der Waals surface area contributed by atoms with E-state index >= 15 is 0 Å². The van der Waals surface area contributed by atoms with E-state index in [4.69, 9.17) is 0 Å². The van der Waals surface area contributed by atoms with Crippen LogP contribution in [0.25, 0.3) is 0 Å². The van der Waals surface area contributed by atoms with Crippen LogP contribution >= 0.6 is 0 Å². The molecule has 0 aliphatic carbocycles. The predicted molar refractivity (Wildman–Crippen MR) is 106 cm³/mol. The molecule has 1 aliphatic heterocycles. The number of anilines is 1. The van der Waals surface area contributed by atoms with Gasteiger partial charge in [0.25, 0.3) is 11.6 Å². The first-order chi connectivity index (χ1) is 13.0. The van der Waals surface area contributed by atoms with Crippen LogP contribution in [0.4, 0.5) is 11.4 Å². The highest BCUT2D eigenvalue weighted by Gasteiger charge is 2.21. The maximum Gasteiger partial charge on any atom is 0.270 e. The summed E-state index contributed by atoms with van der Waals surface area (Å²) in [5, 5.41) is 14.1. The number of nitro groups is 1. The number of nitrogens with zero attached hydrogens (tertiary/aromatic N) is 2. The van der Waals surface area contributed by atoms with Crippen LogP contribution in [0.5, 0.6) is 0 Å². The second kappa shape index (κ2) is 8.20. The van der Waals surface area contributed by atoms with Gasteiger partial charge in [-0.15, -0.1) is 0 Å². The lowest BCUT2D eigenvalue weighted by Gasteiger charge is -2.30. The number of hydrogen-bond donors (Lipinski definition) is 1. The third kappa shape index (κ3) is 4.45. The summed E-state index contributed by atoms with van der Waals surface area (Å²) in [4.78, 5) is 25.7. The fraction of sp³-hybridized carbons (Fsp3) is 0.381. The van der Waals surface area contributed by atoms with Gasteiger partial charge >= 0.3 is 0 Å². The van der Waals surface area contributed by atoms with E-state index in [1.54, 1.807) is 6.07 Å². The molecular formula is C21H25N3O3. The molecular weight excluding hydrogens is 342 g/mol. The van der Waals surface area contributed by atoms with E-state index in [-0.39, 0.29) is 11.6 Å². The molecule has 1 heterocycles. The Balaban J connectivity index is 1.84. The second-order valence-corrected chi connectivity index (χ2v) is 7.12. The molecule has 142 valence electrons. The molecule has 6 nitrogen and oxygen atoms in total. The molecule has 0 aromatic heterocycles. The van der Waals surface area contributed by atoms with E-state index in [9.17, 15) is 14.9 Å². The summed E-state index contributed by atoms with van der Waals surface area (Å²) in [7, 11) is 0. The van der Waals surface area contributed by atoms with E-state index in [0.717, 1.165) is 42.7 Å². The molecule has 1 N–H and O–H groups in total. The number of carbonyl (C=O) groups is 1. The van der Waals surface area contributed by atoms with Gasteiger partial charge in [-0.25, -0.2) is 0 Å². The molecule has 2 aromatic rings. The van der Waals surface area contributed by atoms with Gasteiger partial charge in [-0.2, -0.15) is 0 Å². The Morgan fingerprint density at radius 1 is 1.11 bits per heavy atom. The Morgan fingerprint density at radius 2 is 1.85 bits per heavy atom. The Hall–Kier alpha value is -2.89. The molecule has 0 atom stereocenters. The number of rotatable bonds is 5. The molecule has 0 radical (unpaired) electrons. The molecule has 1 saturated heterocycles. The zero-order valence-electron chi connectivity index (χ0n) is 15.8. The van der Waals surface area contributed by atoms with Gasteiger partial charge in [0.05, 0.1) is 16.2 Å². The molecule has 27 heavy (non-hydrogen) atoms. The van der Waals surface area contributed by atoms with Crippen molar-refractivity contribution in [3.8, 4) is 0 Å². The maximum atomic E-state index is 12.9. The standard InChI is InChI=1S/C21H25N3O3/c1-15-6-7-17(16(2)12-15)14-22-21(25)19-13-18(24(26)27)8-9-20(19)23-10-4-3-5-11-23/h6-9,12-13H,3-5,10-11,14H2,1-2H3,(H,22,25). The minimum absolute atomic E-state index is 0.0626. The first kappa shape index (κ1) is 18.9. The smallest absolute Gasteiger partial charge is 0.270 e. The summed E-state index contributed by atoms with van der Waals surface area (Å²) in [6.45, 7) is 6.18. The lowest BCUT2D eigenvalue weighted by Crippen LogP contribution is -2.32. The van der Waals surface area contributed by atoms with E-state index in [1.807, 2.05) is 26.0 Å². The highest BCUT2D eigenvalue weighted by molar-refractivity contribution is 6.00. The average Bonchev–Trinajstić information content (AvgIpc) is 2.67. The fourth-order valence-electron chi connectivity index (χ4n) is 3.54. The number of benzene rings is 2. The predicted octanol–water partition coefficient (Wildman–Crippen LogP) is 4.13. The van der Waals surface area contributed by atoms with E-state index in [1.165, 1.54) is 24.1 Å². The number of piperidine rings is 1. The van der Waals surface area contributed by atoms with E-state index in [0.29, 0.717) is 12.1 Å². The van der Waals surface area contributed by atoms with Gasteiger partial charge in [-0.05, 0) is 50.3 Å². The van der Waals surface area contributed by atoms with Crippen LogP contribution in [0.2, 0.25) is 0 Å². The highest BCUT2D eigenvalue weighted by atomic mass is 16.6. The van der Waals surface area contributed by atoms with Crippen molar-refractivity contribution in [3.05, 3.63) is 68.8 Å². The third-order valence-corrected chi connectivity index (χ3v) is 5.07. The monoisotopic (exact) mass is 367 g/mol. The van der Waals surface area contributed by atoms with Crippen LogP contribution < -0.4 is 10.2 Å². The van der Waals surface area contributed by atoms with Crippen molar-refractivity contribution in [1.29, 1.82) is 0 Å². The van der Waals surface area contributed by atoms with Crippen molar-refractivity contribution >= 4 is 17.3 Å². The second-order valence-electron chi connectivity index (χ2n) is 7.12. The van der Waals surface area contributed by atoms with Crippen molar-refractivity contribution in [2.45, 2.75) is 39.7 Å². The SMILES string of the molecule is Cc1ccc(CNC(=O)c2cc([N+](=O)[O-])ccc2N2CCCCC2)c(C)c1. The van der Waals surface area contributed by atoms with Gasteiger partial charge in [-0.3, -0.25) is 14.9 Å². The summed E-state index contributed by atoms with van der Waals surface area (Å²) >= 11 is 0. The van der Waals surface area contributed by atoms with Gasteiger partial charge in [0.2, 0.25) is 0 Å². The van der Waals surface area contributed by atoms with Crippen LogP contribution in [0, 0.1) is 24.0 Å². The highest BCUT2D eigenvalue weighted by Crippen LogP contribution is 2.28. The molecule has 1 fully saturated rings. The largest absolute Gasteiger partial charge is 0.371 e. The van der Waals surface area contributed by atoms with E-state index in [2.05, 4.69) is 16.3 Å². The molecule has 1 aliphatic rings. The van der Waals surface area contributed by atoms with Crippen LogP contribution in [-0.2, 0) is 6.54 Å². The number of non-ortho nitro benzene ring substituents is 1. The Labute approximate surface area is 159 Å². The number of carbonyl (C=O) groups excluding carboxylic acids is 1. The van der Waals surface area contributed by atoms with Gasteiger partial charge in [0, 0.05) is 31.8 Å². The number of amides is 1. The molecule has 6 heteroatoms. The summed E-state index contributed by atoms with van der Waals surface area (Å²) in [5.74, 6) is -0.278. The van der Waals surface area contributed by atoms with Crippen molar-refractivity contribution in [3.63, 3.8) is 0 Å². The maximum absolute atomic E-state index is 12.9. The molecule has 0 unspecified atom stereocenters. The fourth-order valence-corrected chi connectivity index (χ4v) is 3.54. The molecule has 0 spiro atoms. The van der Waals surface area contributed by atoms with Crippen LogP contribution in [0.3, 0.4) is 0 Å². The van der Waals surface area contributed by atoms with Crippen LogP contribution in [0.1, 0.15) is 46.3 Å². The first-order valence-corrected chi connectivity index (χ1v) is 9.33. The first-order valence-electron chi connectivity index (χ1n) is 9.33. The summed E-state index contributed by atoms with van der Waals surface area (Å²) in [6, 6.07) is 10.7. The normalized spacial score (nSPS) is 14.1. The quantitative estimate of drug-likeness (QED) is 0.637. The van der Waals surface area contributed by atoms with Crippen molar-refractivity contribution in [2.75, 3.05) is 18.0 Å². The summed E-state index contributed by atoms with van der Waals surface area (Å²) in [5.41, 5.74) is 4.42. The minimum atomic E-state index is -0.457. The third-order valence-electron chi connectivity index (χ3n) is 5.07. The lowest BCUT2D eigenvalue weighted by molar-refractivity contribution is -0.384. The van der Waals surface area contributed by atoms with E-state index < -0.39 is 4.92 Å². The van der Waals surface area contributed by atoms with Gasteiger partial charge in [-0.1, -0.05) is 23.8 Å². The molecule has 0 bridgehead atoms. The van der Waals surface area contributed by atoms with Crippen molar-refractivity contribution in [1.82, 2.24) is 5.32 Å². The number of nitrogens with one attached hydrogen (secondary N) is 1. The minimum Gasteiger partial charge on any atom is -0.371 e. The molecule has 0 saturated carbocycles. The van der Waals surface area contributed by atoms with Crippen LogP contribution in [-0.4, -0.2) is 23.9 Å². The number of nitro benzene ring substituents is 1. The molecule has 3 rings (SSSR count).